The average molecular weight is 435 g/mol. The Balaban J connectivity index is 3.31. The van der Waals surface area contributed by atoms with Crippen LogP contribution in [-0.2, 0) is 0 Å². The summed E-state index contributed by atoms with van der Waals surface area (Å²) in [5.74, 6) is 0. The highest BCUT2D eigenvalue weighted by atomic mass is 28.3. The van der Waals surface area contributed by atoms with Gasteiger partial charge in [-0.2, -0.15) is 0 Å². The van der Waals surface area contributed by atoms with E-state index in [2.05, 4.69) is 43.9 Å². The molecule has 30 heavy (non-hydrogen) atoms. The van der Waals surface area contributed by atoms with Gasteiger partial charge in [0.05, 0.1) is 8.80 Å². The summed E-state index contributed by atoms with van der Waals surface area (Å²) in [7, 11) is -0.732. The van der Waals surface area contributed by atoms with Crippen molar-refractivity contribution in [1.29, 1.82) is 0 Å². The topological polar surface area (TPSA) is 0 Å². The van der Waals surface area contributed by atoms with Gasteiger partial charge in [-0.25, -0.2) is 0 Å². The molecule has 0 amide bonds. The molecule has 178 valence electrons. The van der Waals surface area contributed by atoms with Crippen molar-refractivity contribution in [2.75, 3.05) is 0 Å². The summed E-state index contributed by atoms with van der Waals surface area (Å²) in [6.07, 6.45) is 36.4. The molecule has 0 aliphatic rings. The zero-order chi connectivity index (χ0) is 22.0. The number of hydrogen-bond donors (Lipinski definition) is 0. The summed E-state index contributed by atoms with van der Waals surface area (Å²) in [6.45, 7) is 7.06. The van der Waals surface area contributed by atoms with Crippen LogP contribution < -0.4 is 0 Å². The SMILES string of the molecule is CCCCCCCCCCCCC=C[SiH](C)C=CCCCCCCCCCCCC. The predicted molar refractivity (Wildman–Crippen MR) is 144 cm³/mol. The molecule has 0 atom stereocenters. The number of allylic oxidation sites excluding steroid dienone is 2. The van der Waals surface area contributed by atoms with Crippen LogP contribution in [0.5, 0.6) is 0 Å². The van der Waals surface area contributed by atoms with Gasteiger partial charge >= 0.3 is 0 Å². The van der Waals surface area contributed by atoms with Gasteiger partial charge in [0, 0.05) is 0 Å². The Hall–Kier alpha value is -0.303. The summed E-state index contributed by atoms with van der Waals surface area (Å²) in [4.78, 5) is 0. The van der Waals surface area contributed by atoms with E-state index in [1.807, 2.05) is 0 Å². The minimum absolute atomic E-state index is 0.732. The van der Waals surface area contributed by atoms with E-state index in [9.17, 15) is 0 Å². The summed E-state index contributed by atoms with van der Waals surface area (Å²) < 4.78 is 0. The molecule has 0 aromatic carbocycles. The second-order valence-corrected chi connectivity index (χ2v) is 12.1. The van der Waals surface area contributed by atoms with Gasteiger partial charge in [0.25, 0.3) is 0 Å². The number of unbranched alkanes of at least 4 members (excludes halogenated alkanes) is 20. The van der Waals surface area contributed by atoms with Crippen LogP contribution in [0.4, 0.5) is 0 Å². The second-order valence-electron chi connectivity index (χ2n) is 9.66. The van der Waals surface area contributed by atoms with Crippen LogP contribution in [0.1, 0.15) is 155 Å². The molecule has 0 fully saturated rings. The Kier molecular flexibility index (Phi) is 26.5. The van der Waals surface area contributed by atoms with Crippen LogP contribution in [0.2, 0.25) is 6.55 Å². The highest BCUT2D eigenvalue weighted by molar-refractivity contribution is 6.68. The molecule has 0 unspecified atom stereocenters. The van der Waals surface area contributed by atoms with Gasteiger partial charge in [-0.05, 0) is 25.7 Å². The Morgan fingerprint density at radius 1 is 0.400 bits per heavy atom. The van der Waals surface area contributed by atoms with Gasteiger partial charge in [0.15, 0.2) is 0 Å². The second kappa shape index (κ2) is 26.7. The minimum atomic E-state index is -0.732. The van der Waals surface area contributed by atoms with Crippen molar-refractivity contribution in [3.63, 3.8) is 0 Å². The van der Waals surface area contributed by atoms with Crippen LogP contribution in [0.3, 0.4) is 0 Å². The molecule has 0 saturated heterocycles. The minimum Gasteiger partial charge on any atom is -0.0977 e. The van der Waals surface area contributed by atoms with E-state index in [4.69, 9.17) is 0 Å². The van der Waals surface area contributed by atoms with Crippen molar-refractivity contribution in [3.05, 3.63) is 23.6 Å². The molecule has 0 saturated carbocycles. The third-order valence-corrected chi connectivity index (χ3v) is 8.09. The smallest absolute Gasteiger partial charge is 0.0814 e. The third kappa shape index (κ3) is 25.7. The maximum absolute atomic E-state index is 2.54. The molecule has 0 bridgehead atoms. The van der Waals surface area contributed by atoms with Crippen molar-refractivity contribution in [2.24, 2.45) is 0 Å². The molecule has 0 N–H and O–H groups in total. The fraction of sp³-hybridized carbons (Fsp3) is 0.862. The summed E-state index contributed by atoms with van der Waals surface area (Å²) >= 11 is 0. The van der Waals surface area contributed by atoms with Crippen molar-refractivity contribution in [1.82, 2.24) is 0 Å². The van der Waals surface area contributed by atoms with E-state index in [1.165, 1.54) is 141 Å². The van der Waals surface area contributed by atoms with E-state index < -0.39 is 8.80 Å². The maximum atomic E-state index is 2.54. The van der Waals surface area contributed by atoms with E-state index in [-0.39, 0.29) is 0 Å². The molecular formula is C29H58Si. The fourth-order valence-corrected chi connectivity index (χ4v) is 5.56. The standard InChI is InChI=1S/C29H58Si/c1-4-6-8-10-12-14-16-18-20-22-24-26-28-30(3)29-27-25-23-21-19-17-15-13-11-9-7-5-2/h26-30H,4-25H2,1-3H3. The molecular weight excluding hydrogens is 376 g/mol. The lowest BCUT2D eigenvalue weighted by atomic mass is 10.1. The van der Waals surface area contributed by atoms with Crippen LogP contribution in [-0.4, -0.2) is 8.80 Å². The van der Waals surface area contributed by atoms with Crippen LogP contribution in [0.15, 0.2) is 23.6 Å². The molecule has 0 aromatic heterocycles. The Labute approximate surface area is 194 Å². The first-order valence-electron chi connectivity index (χ1n) is 14.1. The number of rotatable bonds is 24. The quantitative estimate of drug-likeness (QED) is 0.105. The number of hydrogen-bond acceptors (Lipinski definition) is 0. The normalized spacial score (nSPS) is 13.0. The van der Waals surface area contributed by atoms with E-state index in [0.29, 0.717) is 0 Å². The van der Waals surface area contributed by atoms with E-state index >= 15 is 0 Å². The maximum Gasteiger partial charge on any atom is 0.0814 e. The summed E-state index contributed by atoms with van der Waals surface area (Å²) in [5.41, 5.74) is 5.09. The molecule has 0 spiro atoms. The molecule has 0 aromatic rings. The van der Waals surface area contributed by atoms with Crippen molar-refractivity contribution < 1.29 is 0 Å². The first-order chi connectivity index (χ1) is 14.8. The lowest BCUT2D eigenvalue weighted by Gasteiger charge is -2.02. The van der Waals surface area contributed by atoms with Crippen molar-refractivity contribution >= 4 is 8.80 Å². The summed E-state index contributed by atoms with van der Waals surface area (Å²) in [6, 6.07) is 0. The van der Waals surface area contributed by atoms with Gasteiger partial charge in [-0.15, -0.1) is 0 Å². The highest BCUT2D eigenvalue weighted by Crippen LogP contribution is 2.12. The van der Waals surface area contributed by atoms with Gasteiger partial charge < -0.3 is 0 Å². The van der Waals surface area contributed by atoms with E-state index in [0.717, 1.165) is 0 Å². The predicted octanol–water partition coefficient (Wildman–Crippen LogP) is 10.7. The lowest BCUT2D eigenvalue weighted by Crippen LogP contribution is -1.97. The molecule has 0 rings (SSSR count). The highest BCUT2D eigenvalue weighted by Gasteiger charge is 1.95. The molecule has 0 nitrogen and oxygen atoms in total. The van der Waals surface area contributed by atoms with Gasteiger partial charge in [0.2, 0.25) is 0 Å². The van der Waals surface area contributed by atoms with Crippen molar-refractivity contribution in [2.45, 2.75) is 162 Å². The van der Waals surface area contributed by atoms with Crippen LogP contribution in [0.25, 0.3) is 0 Å². The monoisotopic (exact) mass is 434 g/mol. The Morgan fingerprint density at radius 2 is 0.667 bits per heavy atom. The van der Waals surface area contributed by atoms with E-state index in [1.54, 1.807) is 0 Å². The zero-order valence-electron chi connectivity index (χ0n) is 21.4. The first kappa shape index (κ1) is 29.7. The Bertz CT molecular complexity index is 323. The lowest BCUT2D eigenvalue weighted by molar-refractivity contribution is 0.557. The van der Waals surface area contributed by atoms with Gasteiger partial charge in [0.1, 0.15) is 0 Å². The average Bonchev–Trinajstić information content (AvgIpc) is 2.75. The van der Waals surface area contributed by atoms with Gasteiger partial charge in [-0.3, -0.25) is 0 Å². The van der Waals surface area contributed by atoms with Crippen molar-refractivity contribution in [3.8, 4) is 0 Å². The zero-order valence-corrected chi connectivity index (χ0v) is 22.6. The van der Waals surface area contributed by atoms with Gasteiger partial charge in [-0.1, -0.05) is 160 Å². The molecule has 0 aliphatic carbocycles. The molecule has 0 aliphatic heterocycles. The summed E-state index contributed by atoms with van der Waals surface area (Å²) in [5, 5.41) is 0. The first-order valence-corrected chi connectivity index (χ1v) is 16.6. The largest absolute Gasteiger partial charge is 0.0977 e. The molecule has 0 radical (unpaired) electrons. The van der Waals surface area contributed by atoms with Crippen LogP contribution >= 0.6 is 0 Å². The Morgan fingerprint density at radius 3 is 0.967 bits per heavy atom. The molecule has 1 heteroatoms. The fourth-order valence-electron chi connectivity index (χ4n) is 4.19. The third-order valence-electron chi connectivity index (χ3n) is 6.33. The van der Waals surface area contributed by atoms with Crippen LogP contribution in [0, 0.1) is 0 Å². The molecule has 0 heterocycles.